The third-order valence-electron chi connectivity index (χ3n) is 4.02. The Kier molecular flexibility index (Phi) is 5.77. The average molecular weight is 227 g/mol. The fourth-order valence-electron chi connectivity index (χ4n) is 3.19. The van der Waals surface area contributed by atoms with Gasteiger partial charge in [-0.3, -0.25) is 0 Å². The highest BCUT2D eigenvalue weighted by Gasteiger charge is 2.35. The Bertz CT molecular complexity index is 195. The number of aliphatic hydroxyl groups excluding tert-OH is 1. The smallest absolute Gasteiger partial charge is 0.0499 e. The van der Waals surface area contributed by atoms with E-state index in [2.05, 4.69) is 25.8 Å². The lowest BCUT2D eigenvalue weighted by atomic mass is 9.70. The molecule has 2 nitrogen and oxygen atoms in total. The quantitative estimate of drug-likeness (QED) is 0.754. The van der Waals surface area contributed by atoms with Gasteiger partial charge in [0, 0.05) is 18.6 Å². The maximum atomic E-state index is 9.71. The van der Waals surface area contributed by atoms with E-state index in [1.54, 1.807) is 0 Å². The van der Waals surface area contributed by atoms with E-state index in [0.717, 1.165) is 12.5 Å². The van der Waals surface area contributed by atoms with Crippen LogP contribution in [0.1, 0.15) is 52.4 Å². The largest absolute Gasteiger partial charge is 0.396 e. The predicted molar refractivity (Wildman–Crippen MR) is 69.6 cm³/mol. The molecule has 2 atom stereocenters. The summed E-state index contributed by atoms with van der Waals surface area (Å²) < 4.78 is 0. The number of hydrogen-bond donors (Lipinski definition) is 1. The van der Waals surface area contributed by atoms with E-state index in [4.69, 9.17) is 0 Å². The van der Waals surface area contributed by atoms with Crippen LogP contribution in [-0.4, -0.2) is 36.8 Å². The molecule has 1 fully saturated rings. The van der Waals surface area contributed by atoms with Gasteiger partial charge < -0.3 is 10.0 Å². The van der Waals surface area contributed by atoms with Gasteiger partial charge in [0.2, 0.25) is 0 Å². The van der Waals surface area contributed by atoms with Crippen molar-refractivity contribution in [3.05, 3.63) is 0 Å². The topological polar surface area (TPSA) is 23.5 Å². The Hall–Kier alpha value is -0.0800. The van der Waals surface area contributed by atoms with Crippen LogP contribution in [0.15, 0.2) is 0 Å². The first-order chi connectivity index (χ1) is 7.62. The maximum absolute atomic E-state index is 9.71. The third kappa shape index (κ3) is 4.06. The zero-order chi connectivity index (χ0) is 12.0. The Morgan fingerprint density at radius 1 is 1.44 bits per heavy atom. The lowest BCUT2D eigenvalue weighted by molar-refractivity contribution is 0.0306. The Labute approximate surface area is 101 Å². The standard InChI is InChI=1S/C14H29NO/c1-4-5-9-15(3)11-14(12-16)8-6-7-13(2)10-14/h13,16H,4-12H2,1-3H3. The van der Waals surface area contributed by atoms with Crippen LogP contribution in [0.5, 0.6) is 0 Å². The van der Waals surface area contributed by atoms with E-state index in [9.17, 15) is 5.11 Å². The van der Waals surface area contributed by atoms with Crippen molar-refractivity contribution in [3.63, 3.8) is 0 Å². The Balaban J connectivity index is 2.45. The molecule has 16 heavy (non-hydrogen) atoms. The molecule has 2 heteroatoms. The van der Waals surface area contributed by atoms with Crippen LogP contribution in [0.2, 0.25) is 0 Å². The molecule has 0 radical (unpaired) electrons. The zero-order valence-electron chi connectivity index (χ0n) is 11.3. The molecule has 0 aliphatic heterocycles. The minimum absolute atomic E-state index is 0.195. The molecule has 96 valence electrons. The van der Waals surface area contributed by atoms with Crippen LogP contribution < -0.4 is 0 Å². The summed E-state index contributed by atoms with van der Waals surface area (Å²) >= 11 is 0. The monoisotopic (exact) mass is 227 g/mol. The molecule has 1 rings (SSSR count). The molecule has 0 heterocycles. The molecule has 0 aromatic carbocycles. The van der Waals surface area contributed by atoms with E-state index >= 15 is 0 Å². The fraction of sp³-hybridized carbons (Fsp3) is 1.00. The molecule has 1 aliphatic rings. The van der Waals surface area contributed by atoms with Crippen LogP contribution in [-0.2, 0) is 0 Å². The fourth-order valence-corrected chi connectivity index (χ4v) is 3.19. The van der Waals surface area contributed by atoms with E-state index in [-0.39, 0.29) is 5.41 Å². The van der Waals surface area contributed by atoms with Gasteiger partial charge in [0.05, 0.1) is 0 Å². The summed E-state index contributed by atoms with van der Waals surface area (Å²) in [4.78, 5) is 2.41. The summed E-state index contributed by atoms with van der Waals surface area (Å²) in [6.45, 7) is 7.18. The second-order valence-corrected chi connectivity index (χ2v) is 5.95. The van der Waals surface area contributed by atoms with E-state index < -0.39 is 0 Å². The summed E-state index contributed by atoms with van der Waals surface area (Å²) in [7, 11) is 2.20. The number of hydrogen-bond acceptors (Lipinski definition) is 2. The summed E-state index contributed by atoms with van der Waals surface area (Å²) in [5.41, 5.74) is 0.195. The molecule has 1 saturated carbocycles. The second kappa shape index (κ2) is 6.61. The van der Waals surface area contributed by atoms with Crippen molar-refractivity contribution in [1.29, 1.82) is 0 Å². The molecule has 0 spiro atoms. The second-order valence-electron chi connectivity index (χ2n) is 5.95. The van der Waals surface area contributed by atoms with Crippen molar-refractivity contribution < 1.29 is 5.11 Å². The van der Waals surface area contributed by atoms with Gasteiger partial charge in [-0.1, -0.05) is 33.1 Å². The summed E-state index contributed by atoms with van der Waals surface area (Å²) in [6, 6.07) is 0. The van der Waals surface area contributed by atoms with E-state index in [0.29, 0.717) is 6.61 Å². The summed E-state index contributed by atoms with van der Waals surface area (Å²) in [6.07, 6.45) is 7.59. The molecule has 0 aromatic heterocycles. The van der Waals surface area contributed by atoms with Gasteiger partial charge in [-0.15, -0.1) is 0 Å². The van der Waals surface area contributed by atoms with Gasteiger partial charge in [-0.2, -0.15) is 0 Å². The van der Waals surface area contributed by atoms with Crippen molar-refractivity contribution in [1.82, 2.24) is 4.90 Å². The molecule has 1 aliphatic carbocycles. The first kappa shape index (κ1) is 14.0. The highest BCUT2D eigenvalue weighted by atomic mass is 16.3. The molecular formula is C14H29NO. The zero-order valence-corrected chi connectivity index (χ0v) is 11.3. The van der Waals surface area contributed by atoms with Crippen LogP contribution in [0.4, 0.5) is 0 Å². The van der Waals surface area contributed by atoms with Crippen LogP contribution in [0.25, 0.3) is 0 Å². The molecule has 0 saturated heterocycles. The average Bonchev–Trinajstić information content (AvgIpc) is 2.26. The van der Waals surface area contributed by atoms with E-state index in [1.807, 2.05) is 0 Å². The number of nitrogens with zero attached hydrogens (tertiary/aromatic N) is 1. The number of rotatable bonds is 6. The van der Waals surface area contributed by atoms with Crippen molar-refractivity contribution in [2.24, 2.45) is 11.3 Å². The number of aliphatic hydroxyl groups is 1. The Morgan fingerprint density at radius 3 is 2.75 bits per heavy atom. The number of unbranched alkanes of at least 4 members (excludes halogenated alkanes) is 1. The van der Waals surface area contributed by atoms with Crippen molar-refractivity contribution in [2.45, 2.75) is 52.4 Å². The summed E-state index contributed by atoms with van der Waals surface area (Å²) in [5.74, 6) is 0.792. The van der Waals surface area contributed by atoms with Gasteiger partial charge in [0.25, 0.3) is 0 Å². The maximum Gasteiger partial charge on any atom is 0.0499 e. The van der Waals surface area contributed by atoms with Crippen LogP contribution >= 0.6 is 0 Å². The molecule has 0 bridgehead atoms. The molecule has 0 amide bonds. The van der Waals surface area contributed by atoms with Gasteiger partial charge in [0.15, 0.2) is 0 Å². The van der Waals surface area contributed by atoms with Crippen molar-refractivity contribution in [3.8, 4) is 0 Å². The minimum atomic E-state index is 0.195. The molecule has 1 N–H and O–H groups in total. The Morgan fingerprint density at radius 2 is 2.19 bits per heavy atom. The van der Waals surface area contributed by atoms with Crippen molar-refractivity contribution >= 4 is 0 Å². The normalized spacial score (nSPS) is 30.9. The first-order valence-electron chi connectivity index (χ1n) is 6.91. The highest BCUT2D eigenvalue weighted by Crippen LogP contribution is 2.39. The van der Waals surface area contributed by atoms with Gasteiger partial charge in [-0.25, -0.2) is 0 Å². The highest BCUT2D eigenvalue weighted by molar-refractivity contribution is 4.87. The van der Waals surface area contributed by atoms with Crippen molar-refractivity contribution in [2.75, 3.05) is 26.7 Å². The first-order valence-corrected chi connectivity index (χ1v) is 6.91. The lowest BCUT2D eigenvalue weighted by Crippen LogP contribution is -2.42. The lowest BCUT2D eigenvalue weighted by Gasteiger charge is -2.41. The third-order valence-corrected chi connectivity index (χ3v) is 4.02. The van der Waals surface area contributed by atoms with Crippen LogP contribution in [0.3, 0.4) is 0 Å². The van der Waals surface area contributed by atoms with Crippen LogP contribution in [0, 0.1) is 11.3 Å². The van der Waals surface area contributed by atoms with Gasteiger partial charge in [0.1, 0.15) is 0 Å². The van der Waals surface area contributed by atoms with Gasteiger partial charge in [-0.05, 0) is 38.8 Å². The molecule has 2 unspecified atom stereocenters. The SMILES string of the molecule is CCCCN(C)CC1(CO)CCCC(C)C1. The van der Waals surface area contributed by atoms with E-state index in [1.165, 1.54) is 45.1 Å². The predicted octanol–water partition coefficient (Wildman–Crippen LogP) is 2.91. The molecular weight excluding hydrogens is 198 g/mol. The summed E-state index contributed by atoms with van der Waals surface area (Å²) in [5, 5.41) is 9.71. The minimum Gasteiger partial charge on any atom is -0.396 e. The van der Waals surface area contributed by atoms with Gasteiger partial charge >= 0.3 is 0 Å². The molecule has 0 aromatic rings.